The minimum absolute atomic E-state index is 0.00846. The van der Waals surface area contributed by atoms with Crippen LogP contribution in [-0.4, -0.2) is 11.1 Å². The molecule has 3 aromatic rings. The zero-order chi connectivity index (χ0) is 18.7. The number of nitrogens with zero attached hydrogens (tertiary/aromatic N) is 1. The number of rotatable bonds is 6. The molecule has 0 aliphatic carbocycles. The zero-order valence-electron chi connectivity index (χ0n) is 15.8. The van der Waals surface area contributed by atoms with Gasteiger partial charge in [0.1, 0.15) is 11.5 Å². The highest BCUT2D eigenvalue weighted by atomic mass is 16.5. The van der Waals surface area contributed by atoms with Crippen molar-refractivity contribution in [2.45, 2.75) is 46.3 Å². The molecule has 4 nitrogen and oxygen atoms in total. The van der Waals surface area contributed by atoms with Crippen LogP contribution in [0.1, 0.15) is 44.4 Å². The van der Waals surface area contributed by atoms with Crippen LogP contribution in [-0.2, 0) is 0 Å². The molecule has 1 aromatic heterocycles. The van der Waals surface area contributed by atoms with Crippen molar-refractivity contribution in [1.82, 2.24) is 4.98 Å². The molecule has 1 heterocycles. The summed E-state index contributed by atoms with van der Waals surface area (Å²) in [6.07, 6.45) is 1.17. The van der Waals surface area contributed by atoms with Crippen LogP contribution < -0.4 is 15.2 Å². The Morgan fingerprint density at radius 1 is 1.04 bits per heavy atom. The molecule has 2 atom stereocenters. The van der Waals surface area contributed by atoms with Crippen LogP contribution in [0.5, 0.6) is 17.4 Å². The van der Waals surface area contributed by atoms with Crippen LogP contribution in [0, 0.1) is 6.92 Å². The maximum Gasteiger partial charge on any atom is 0.219 e. The summed E-state index contributed by atoms with van der Waals surface area (Å²) in [5.74, 6) is 2.21. The predicted molar refractivity (Wildman–Crippen MR) is 106 cm³/mol. The molecule has 0 aliphatic rings. The number of benzene rings is 2. The second kappa shape index (κ2) is 7.75. The maximum absolute atomic E-state index is 5.99. The van der Waals surface area contributed by atoms with E-state index in [1.54, 1.807) is 0 Å². The summed E-state index contributed by atoms with van der Waals surface area (Å²) < 4.78 is 11.8. The molecule has 0 bridgehead atoms. The van der Waals surface area contributed by atoms with Crippen LogP contribution in [0.25, 0.3) is 10.9 Å². The highest BCUT2D eigenvalue weighted by Gasteiger charge is 2.08. The fraction of sp³-hybridized carbons (Fsp3) is 0.318. The molecule has 2 N–H and O–H groups in total. The van der Waals surface area contributed by atoms with E-state index in [1.165, 1.54) is 0 Å². The van der Waals surface area contributed by atoms with Gasteiger partial charge in [0.2, 0.25) is 5.88 Å². The summed E-state index contributed by atoms with van der Waals surface area (Å²) in [5, 5.41) is 1.06. The number of ether oxygens (including phenoxy) is 2. The molecule has 0 spiro atoms. The molecule has 0 radical (unpaired) electrons. The highest BCUT2D eigenvalue weighted by Crippen LogP contribution is 2.29. The molecule has 0 amide bonds. The van der Waals surface area contributed by atoms with Crippen LogP contribution in [0.3, 0.4) is 0 Å². The van der Waals surface area contributed by atoms with E-state index in [0.717, 1.165) is 39.9 Å². The fourth-order valence-corrected chi connectivity index (χ4v) is 2.70. The van der Waals surface area contributed by atoms with Gasteiger partial charge in [-0.15, -0.1) is 0 Å². The number of aromatic nitrogens is 1. The Morgan fingerprint density at radius 2 is 1.85 bits per heavy atom. The Kier molecular flexibility index (Phi) is 5.43. The number of hydrogen-bond donors (Lipinski definition) is 1. The van der Waals surface area contributed by atoms with Crippen molar-refractivity contribution in [3.05, 3.63) is 59.7 Å². The molecule has 136 valence electrons. The lowest BCUT2D eigenvalue weighted by atomic mass is 10.1. The standard InChI is InChI=1S/C22H26N2O2/c1-5-15(3)25-19-8-10-21(14(2)12-19)26-22-11-7-18-13-17(16(4)23)6-9-20(18)24-22/h6-13,15-16H,5,23H2,1-4H3. The van der Waals surface area contributed by atoms with E-state index in [0.29, 0.717) is 5.88 Å². The largest absolute Gasteiger partial charge is 0.491 e. The van der Waals surface area contributed by atoms with Gasteiger partial charge in [0.25, 0.3) is 0 Å². The SMILES string of the molecule is CCC(C)Oc1ccc(Oc2ccc3cc(C(C)N)ccc3n2)c(C)c1. The average molecular weight is 350 g/mol. The Hall–Kier alpha value is -2.59. The van der Waals surface area contributed by atoms with Gasteiger partial charge >= 0.3 is 0 Å². The number of pyridine rings is 1. The second-order valence-corrected chi connectivity index (χ2v) is 6.76. The summed E-state index contributed by atoms with van der Waals surface area (Å²) >= 11 is 0. The molecular formula is C22H26N2O2. The number of hydrogen-bond acceptors (Lipinski definition) is 4. The van der Waals surface area contributed by atoms with Crippen LogP contribution in [0.15, 0.2) is 48.5 Å². The van der Waals surface area contributed by atoms with Crippen LogP contribution in [0.2, 0.25) is 0 Å². The van der Waals surface area contributed by atoms with Gasteiger partial charge in [-0.1, -0.05) is 13.0 Å². The van der Waals surface area contributed by atoms with E-state index >= 15 is 0 Å². The van der Waals surface area contributed by atoms with E-state index in [-0.39, 0.29) is 12.1 Å². The van der Waals surface area contributed by atoms with Crippen LogP contribution >= 0.6 is 0 Å². The Morgan fingerprint density at radius 3 is 2.54 bits per heavy atom. The van der Waals surface area contributed by atoms with Crippen LogP contribution in [0.4, 0.5) is 0 Å². The lowest BCUT2D eigenvalue weighted by Crippen LogP contribution is -2.09. The molecule has 0 saturated carbocycles. The lowest BCUT2D eigenvalue weighted by molar-refractivity contribution is 0.217. The Labute approximate surface area is 155 Å². The molecule has 0 aliphatic heterocycles. The number of nitrogens with two attached hydrogens (primary N) is 1. The first-order valence-corrected chi connectivity index (χ1v) is 9.07. The predicted octanol–water partition coefficient (Wildman–Crippen LogP) is 5.53. The minimum Gasteiger partial charge on any atom is -0.491 e. The van der Waals surface area contributed by atoms with Crippen molar-refractivity contribution in [2.24, 2.45) is 5.73 Å². The van der Waals surface area contributed by atoms with Gasteiger partial charge in [-0.3, -0.25) is 0 Å². The summed E-state index contributed by atoms with van der Waals surface area (Å²) in [5.41, 5.74) is 8.95. The highest BCUT2D eigenvalue weighted by molar-refractivity contribution is 5.80. The second-order valence-electron chi connectivity index (χ2n) is 6.76. The third kappa shape index (κ3) is 4.14. The summed E-state index contributed by atoms with van der Waals surface area (Å²) in [6.45, 7) is 8.16. The van der Waals surface area contributed by atoms with E-state index in [2.05, 4.69) is 24.9 Å². The number of aryl methyl sites for hydroxylation is 1. The molecular weight excluding hydrogens is 324 g/mol. The van der Waals surface area contributed by atoms with Gasteiger partial charge in [-0.2, -0.15) is 0 Å². The van der Waals surface area contributed by atoms with Gasteiger partial charge in [0, 0.05) is 17.5 Å². The monoisotopic (exact) mass is 350 g/mol. The first kappa shape index (κ1) is 18.2. The van der Waals surface area contributed by atoms with Gasteiger partial charge in [0.15, 0.2) is 0 Å². The molecule has 3 rings (SSSR count). The smallest absolute Gasteiger partial charge is 0.219 e. The zero-order valence-corrected chi connectivity index (χ0v) is 15.8. The molecule has 2 unspecified atom stereocenters. The molecule has 0 fully saturated rings. The average Bonchev–Trinajstić information content (AvgIpc) is 2.63. The quantitative estimate of drug-likeness (QED) is 0.635. The van der Waals surface area contributed by atoms with Crippen molar-refractivity contribution >= 4 is 10.9 Å². The van der Waals surface area contributed by atoms with Crippen molar-refractivity contribution in [3.8, 4) is 17.4 Å². The topological polar surface area (TPSA) is 57.4 Å². The Bertz CT molecular complexity index is 906. The van der Waals surface area contributed by atoms with E-state index < -0.39 is 0 Å². The summed E-state index contributed by atoms with van der Waals surface area (Å²) in [4.78, 5) is 4.60. The number of fused-ring (bicyclic) bond motifs is 1. The minimum atomic E-state index is 0.00846. The maximum atomic E-state index is 5.99. The third-order valence-electron chi connectivity index (χ3n) is 4.49. The molecule has 26 heavy (non-hydrogen) atoms. The van der Waals surface area contributed by atoms with Gasteiger partial charge < -0.3 is 15.2 Å². The molecule has 4 heteroatoms. The first-order valence-electron chi connectivity index (χ1n) is 9.07. The van der Waals surface area contributed by atoms with Gasteiger partial charge in [-0.05, 0) is 74.7 Å². The van der Waals surface area contributed by atoms with Crippen molar-refractivity contribution < 1.29 is 9.47 Å². The Balaban J connectivity index is 1.81. The van der Waals surface area contributed by atoms with Crippen molar-refractivity contribution in [2.75, 3.05) is 0 Å². The van der Waals surface area contributed by atoms with E-state index in [9.17, 15) is 0 Å². The summed E-state index contributed by atoms with van der Waals surface area (Å²) in [7, 11) is 0. The summed E-state index contributed by atoms with van der Waals surface area (Å²) in [6, 6.07) is 15.8. The fourth-order valence-electron chi connectivity index (χ4n) is 2.70. The van der Waals surface area contributed by atoms with Gasteiger partial charge in [0.05, 0.1) is 11.6 Å². The van der Waals surface area contributed by atoms with Crippen molar-refractivity contribution in [3.63, 3.8) is 0 Å². The molecule has 0 saturated heterocycles. The van der Waals surface area contributed by atoms with E-state index in [4.69, 9.17) is 15.2 Å². The van der Waals surface area contributed by atoms with Crippen molar-refractivity contribution in [1.29, 1.82) is 0 Å². The third-order valence-corrected chi connectivity index (χ3v) is 4.49. The van der Waals surface area contributed by atoms with E-state index in [1.807, 2.05) is 56.3 Å². The van der Waals surface area contributed by atoms with Gasteiger partial charge in [-0.25, -0.2) is 4.98 Å². The molecule has 2 aromatic carbocycles. The first-order chi connectivity index (χ1) is 12.5. The normalized spacial score (nSPS) is 13.4. The lowest BCUT2D eigenvalue weighted by Gasteiger charge is -2.15.